The van der Waals surface area contributed by atoms with Crippen molar-refractivity contribution >= 4 is 17.1 Å². The summed E-state index contributed by atoms with van der Waals surface area (Å²) in [5.74, 6) is -0.492. The molecule has 2 N–H and O–H groups in total. The van der Waals surface area contributed by atoms with Gasteiger partial charge in [-0.25, -0.2) is 9.78 Å². The van der Waals surface area contributed by atoms with E-state index < -0.39 is 22.6 Å². The number of hydrogen-bond donors (Lipinski definition) is 2. The molecular formula is C13H18N4O3. The maximum atomic E-state index is 12.5. The quantitative estimate of drug-likeness (QED) is 0.879. The van der Waals surface area contributed by atoms with Crippen LogP contribution in [-0.2, 0) is 0 Å². The number of carbonyl (C=O) groups excluding carboxylic acids is 1. The summed E-state index contributed by atoms with van der Waals surface area (Å²) in [5.41, 5.74) is -1.87. The van der Waals surface area contributed by atoms with Crippen molar-refractivity contribution < 1.29 is 4.79 Å². The molecule has 20 heavy (non-hydrogen) atoms. The van der Waals surface area contributed by atoms with Crippen molar-refractivity contribution in [1.29, 1.82) is 0 Å². The van der Waals surface area contributed by atoms with Crippen LogP contribution in [0.15, 0.2) is 15.9 Å². The van der Waals surface area contributed by atoms with Gasteiger partial charge < -0.3 is 4.98 Å². The first-order valence-electron chi connectivity index (χ1n) is 6.61. The standard InChI is InChI=1S/C13H18N4O3/c1-4-5-6-13(2,3)11(19)17-10(18)8-9(15-7-14-8)16-12(17)20/h7H,4-6H2,1-3H3,(H,14,15)(H,16,20). The van der Waals surface area contributed by atoms with Crippen LogP contribution in [0.3, 0.4) is 0 Å². The van der Waals surface area contributed by atoms with Crippen LogP contribution in [0.5, 0.6) is 0 Å². The molecule has 0 saturated carbocycles. The Hall–Kier alpha value is -2.18. The van der Waals surface area contributed by atoms with Crippen molar-refractivity contribution in [2.24, 2.45) is 5.41 Å². The van der Waals surface area contributed by atoms with Gasteiger partial charge in [0.05, 0.1) is 6.33 Å². The highest BCUT2D eigenvalue weighted by Crippen LogP contribution is 2.24. The highest BCUT2D eigenvalue weighted by Gasteiger charge is 2.31. The van der Waals surface area contributed by atoms with Crippen molar-refractivity contribution in [3.8, 4) is 0 Å². The third kappa shape index (κ3) is 2.31. The lowest BCUT2D eigenvalue weighted by Gasteiger charge is -2.22. The Labute approximate surface area is 115 Å². The summed E-state index contributed by atoms with van der Waals surface area (Å²) >= 11 is 0. The molecule has 0 bridgehead atoms. The van der Waals surface area contributed by atoms with Crippen molar-refractivity contribution in [2.45, 2.75) is 40.0 Å². The average Bonchev–Trinajstić information content (AvgIpc) is 2.84. The van der Waals surface area contributed by atoms with Crippen molar-refractivity contribution in [3.05, 3.63) is 27.2 Å². The zero-order valence-electron chi connectivity index (χ0n) is 11.8. The predicted molar refractivity (Wildman–Crippen MR) is 74.9 cm³/mol. The molecule has 0 atom stereocenters. The number of aromatic nitrogens is 4. The molecule has 7 heteroatoms. The first-order valence-corrected chi connectivity index (χ1v) is 6.61. The molecule has 2 aromatic heterocycles. The van der Waals surface area contributed by atoms with Gasteiger partial charge in [-0.05, 0) is 6.42 Å². The van der Waals surface area contributed by atoms with E-state index in [0.29, 0.717) is 11.0 Å². The monoisotopic (exact) mass is 278 g/mol. The number of carbonyl (C=O) groups is 1. The summed E-state index contributed by atoms with van der Waals surface area (Å²) in [5, 5.41) is 0. The Morgan fingerprint density at radius 3 is 2.75 bits per heavy atom. The molecule has 0 aliphatic rings. The second-order valence-corrected chi connectivity index (χ2v) is 5.49. The lowest BCUT2D eigenvalue weighted by molar-refractivity contribution is 0.0718. The predicted octanol–water partition coefficient (Wildman–Crippen LogP) is 1.27. The topological polar surface area (TPSA) is 101 Å². The zero-order valence-corrected chi connectivity index (χ0v) is 11.8. The zero-order chi connectivity index (χ0) is 14.9. The van der Waals surface area contributed by atoms with Crippen molar-refractivity contribution in [3.63, 3.8) is 0 Å². The molecule has 0 saturated heterocycles. The maximum Gasteiger partial charge on any atom is 0.337 e. The molecule has 2 aromatic rings. The molecule has 0 radical (unpaired) electrons. The van der Waals surface area contributed by atoms with Crippen LogP contribution < -0.4 is 11.2 Å². The van der Waals surface area contributed by atoms with Crippen LogP contribution >= 0.6 is 0 Å². The van der Waals surface area contributed by atoms with E-state index >= 15 is 0 Å². The van der Waals surface area contributed by atoms with Crippen LogP contribution in [0.4, 0.5) is 0 Å². The normalized spacial score (nSPS) is 11.9. The van der Waals surface area contributed by atoms with E-state index in [-0.39, 0.29) is 11.2 Å². The second-order valence-electron chi connectivity index (χ2n) is 5.49. The van der Waals surface area contributed by atoms with Crippen LogP contribution in [0.2, 0.25) is 0 Å². The van der Waals surface area contributed by atoms with Gasteiger partial charge in [0, 0.05) is 5.41 Å². The fraction of sp³-hybridized carbons (Fsp3) is 0.538. The highest BCUT2D eigenvalue weighted by atomic mass is 16.2. The molecule has 2 rings (SSSR count). The Morgan fingerprint density at radius 2 is 2.10 bits per heavy atom. The maximum absolute atomic E-state index is 12.5. The smallest absolute Gasteiger partial charge is 0.337 e. The van der Waals surface area contributed by atoms with Gasteiger partial charge in [0.25, 0.3) is 5.56 Å². The molecule has 108 valence electrons. The molecule has 0 aromatic carbocycles. The lowest BCUT2D eigenvalue weighted by Crippen LogP contribution is -2.45. The van der Waals surface area contributed by atoms with Crippen molar-refractivity contribution in [2.75, 3.05) is 0 Å². The fourth-order valence-electron chi connectivity index (χ4n) is 2.13. The summed E-state index contributed by atoms with van der Waals surface area (Å²) in [6.45, 7) is 5.51. The van der Waals surface area contributed by atoms with Gasteiger partial charge in [0.1, 0.15) is 5.52 Å². The van der Waals surface area contributed by atoms with E-state index in [4.69, 9.17) is 0 Å². The van der Waals surface area contributed by atoms with E-state index in [9.17, 15) is 14.4 Å². The van der Waals surface area contributed by atoms with Crippen LogP contribution in [0, 0.1) is 5.41 Å². The fourth-order valence-corrected chi connectivity index (χ4v) is 2.13. The highest BCUT2D eigenvalue weighted by molar-refractivity contribution is 5.85. The van der Waals surface area contributed by atoms with Crippen LogP contribution in [-0.4, -0.2) is 25.4 Å². The van der Waals surface area contributed by atoms with Crippen LogP contribution in [0.25, 0.3) is 11.2 Å². The summed E-state index contributed by atoms with van der Waals surface area (Å²) in [6, 6.07) is 0. The number of nitrogens with zero attached hydrogens (tertiary/aromatic N) is 2. The number of imidazole rings is 1. The molecule has 0 aliphatic heterocycles. The summed E-state index contributed by atoms with van der Waals surface area (Å²) < 4.78 is 0.663. The first-order chi connectivity index (χ1) is 9.38. The number of unbranched alkanes of at least 4 members (excludes halogenated alkanes) is 1. The lowest BCUT2D eigenvalue weighted by atomic mass is 9.86. The molecule has 2 heterocycles. The Kier molecular flexibility index (Phi) is 3.61. The van der Waals surface area contributed by atoms with Gasteiger partial charge in [-0.1, -0.05) is 33.6 Å². The van der Waals surface area contributed by atoms with Gasteiger partial charge in [-0.2, -0.15) is 4.57 Å². The summed E-state index contributed by atoms with van der Waals surface area (Å²) in [7, 11) is 0. The molecule has 7 nitrogen and oxygen atoms in total. The number of nitrogens with one attached hydrogen (secondary N) is 2. The Balaban J connectivity index is 2.55. The third-order valence-electron chi connectivity index (χ3n) is 3.42. The van der Waals surface area contributed by atoms with E-state index in [1.165, 1.54) is 6.33 Å². The van der Waals surface area contributed by atoms with Gasteiger partial charge in [0.2, 0.25) is 5.91 Å². The molecular weight excluding hydrogens is 260 g/mol. The van der Waals surface area contributed by atoms with Crippen LogP contribution in [0.1, 0.15) is 44.8 Å². The van der Waals surface area contributed by atoms with Gasteiger partial charge in [0.15, 0.2) is 5.65 Å². The van der Waals surface area contributed by atoms with Gasteiger partial charge in [-0.15, -0.1) is 0 Å². The number of H-pyrrole nitrogens is 2. The molecule has 0 amide bonds. The molecule has 0 fully saturated rings. The minimum atomic E-state index is -0.763. The third-order valence-corrected chi connectivity index (χ3v) is 3.42. The minimum Gasteiger partial charge on any atom is -0.339 e. The molecule has 0 spiro atoms. The van der Waals surface area contributed by atoms with E-state index in [1.54, 1.807) is 13.8 Å². The average molecular weight is 278 g/mol. The van der Waals surface area contributed by atoms with E-state index in [0.717, 1.165) is 12.8 Å². The summed E-state index contributed by atoms with van der Waals surface area (Å²) in [4.78, 5) is 45.5. The number of rotatable bonds is 4. The van der Waals surface area contributed by atoms with E-state index in [1.807, 2.05) is 6.92 Å². The Bertz CT molecular complexity index is 751. The molecule has 0 aliphatic carbocycles. The molecule has 0 unspecified atom stereocenters. The van der Waals surface area contributed by atoms with Crippen molar-refractivity contribution in [1.82, 2.24) is 19.5 Å². The van der Waals surface area contributed by atoms with Gasteiger partial charge >= 0.3 is 5.69 Å². The summed E-state index contributed by atoms with van der Waals surface area (Å²) in [6.07, 6.45) is 3.73. The SMILES string of the molecule is CCCCC(C)(C)C(=O)n1c(=O)[nH]c2nc[nH]c2c1=O. The number of fused-ring (bicyclic) bond motifs is 1. The minimum absolute atomic E-state index is 0.129. The number of hydrogen-bond acceptors (Lipinski definition) is 4. The second kappa shape index (κ2) is 5.07. The number of aromatic amines is 2. The Morgan fingerprint density at radius 1 is 1.40 bits per heavy atom. The largest absolute Gasteiger partial charge is 0.339 e. The van der Waals surface area contributed by atoms with Gasteiger partial charge in [-0.3, -0.25) is 14.6 Å². The first kappa shape index (κ1) is 14.2. The van der Waals surface area contributed by atoms with E-state index in [2.05, 4.69) is 15.0 Å².